The van der Waals surface area contributed by atoms with E-state index in [0.717, 1.165) is 11.3 Å². The lowest BCUT2D eigenvalue weighted by atomic mass is 10.0. The van der Waals surface area contributed by atoms with Crippen LogP contribution in [0.4, 0.5) is 0 Å². The number of amides is 1. The molecule has 3 heteroatoms. The minimum atomic E-state index is -0.422. The first-order valence-electron chi connectivity index (χ1n) is 4.28. The lowest BCUT2D eigenvalue weighted by Crippen LogP contribution is -2.12. The van der Waals surface area contributed by atoms with Crippen LogP contribution in [-0.2, 0) is 0 Å². The fourth-order valence-electron chi connectivity index (χ4n) is 1.27. The fraction of sp³-hybridized carbons (Fsp3) is 0.400. The van der Waals surface area contributed by atoms with Crippen molar-refractivity contribution in [3.05, 3.63) is 29.1 Å². The fourth-order valence-corrected chi connectivity index (χ4v) is 1.27. The predicted octanol–water partition coefficient (Wildman–Crippen LogP) is 1.61. The maximum absolute atomic E-state index is 10.9. The van der Waals surface area contributed by atoms with Gasteiger partial charge in [0.15, 0.2) is 0 Å². The average molecular weight is 178 g/mol. The summed E-state index contributed by atoms with van der Waals surface area (Å²) in [6.45, 7) is 6.06. The average Bonchev–Trinajstić information content (AvgIpc) is 2.04. The SMILES string of the molecule is Cc1ncc(C(N)=O)cc1C(C)C. The van der Waals surface area contributed by atoms with Gasteiger partial charge in [-0.3, -0.25) is 9.78 Å². The number of hydrogen-bond donors (Lipinski definition) is 1. The van der Waals surface area contributed by atoms with Gasteiger partial charge >= 0.3 is 0 Å². The third-order valence-electron chi connectivity index (χ3n) is 2.03. The van der Waals surface area contributed by atoms with E-state index in [2.05, 4.69) is 18.8 Å². The van der Waals surface area contributed by atoms with E-state index in [1.807, 2.05) is 13.0 Å². The van der Waals surface area contributed by atoms with Crippen LogP contribution in [0.1, 0.15) is 41.4 Å². The zero-order valence-electron chi connectivity index (χ0n) is 8.16. The molecule has 1 aromatic heterocycles. The Morgan fingerprint density at radius 3 is 2.62 bits per heavy atom. The van der Waals surface area contributed by atoms with E-state index in [1.165, 1.54) is 6.20 Å². The topological polar surface area (TPSA) is 56.0 Å². The Balaban J connectivity index is 3.19. The summed E-state index contributed by atoms with van der Waals surface area (Å²) in [5, 5.41) is 0. The molecule has 0 aromatic carbocycles. The monoisotopic (exact) mass is 178 g/mol. The number of pyridine rings is 1. The summed E-state index contributed by atoms with van der Waals surface area (Å²) in [5.74, 6) is -0.0544. The molecule has 0 unspecified atom stereocenters. The molecule has 0 atom stereocenters. The van der Waals surface area contributed by atoms with E-state index in [-0.39, 0.29) is 0 Å². The van der Waals surface area contributed by atoms with Crippen molar-refractivity contribution in [1.82, 2.24) is 4.98 Å². The molecule has 70 valence electrons. The highest BCUT2D eigenvalue weighted by atomic mass is 16.1. The quantitative estimate of drug-likeness (QED) is 0.748. The number of carbonyl (C=O) groups is 1. The van der Waals surface area contributed by atoms with Crippen LogP contribution in [0.2, 0.25) is 0 Å². The molecule has 0 saturated carbocycles. The van der Waals surface area contributed by atoms with Gasteiger partial charge in [0.05, 0.1) is 5.56 Å². The van der Waals surface area contributed by atoms with Crippen LogP contribution < -0.4 is 5.73 Å². The Hall–Kier alpha value is -1.38. The minimum Gasteiger partial charge on any atom is -0.366 e. The third-order valence-corrected chi connectivity index (χ3v) is 2.03. The molecule has 1 aromatic rings. The summed E-state index contributed by atoms with van der Waals surface area (Å²) >= 11 is 0. The highest BCUT2D eigenvalue weighted by Gasteiger charge is 2.08. The van der Waals surface area contributed by atoms with Crippen molar-refractivity contribution in [1.29, 1.82) is 0 Å². The van der Waals surface area contributed by atoms with Crippen molar-refractivity contribution in [3.8, 4) is 0 Å². The Bertz CT molecular complexity index is 332. The summed E-state index contributed by atoms with van der Waals surface area (Å²) in [7, 11) is 0. The Kier molecular flexibility index (Phi) is 2.66. The van der Waals surface area contributed by atoms with Gasteiger partial charge in [-0.15, -0.1) is 0 Å². The van der Waals surface area contributed by atoms with Gasteiger partial charge in [-0.2, -0.15) is 0 Å². The molecule has 1 rings (SSSR count). The molecule has 0 bridgehead atoms. The van der Waals surface area contributed by atoms with Crippen LogP contribution in [0.3, 0.4) is 0 Å². The van der Waals surface area contributed by atoms with Gasteiger partial charge in [0.25, 0.3) is 0 Å². The number of aryl methyl sites for hydroxylation is 1. The van der Waals surface area contributed by atoms with E-state index in [1.54, 1.807) is 0 Å². The lowest BCUT2D eigenvalue weighted by molar-refractivity contribution is 0.1000. The first-order chi connectivity index (χ1) is 6.02. The highest BCUT2D eigenvalue weighted by molar-refractivity contribution is 5.92. The zero-order chi connectivity index (χ0) is 10.0. The molecule has 3 nitrogen and oxygen atoms in total. The Labute approximate surface area is 78.0 Å². The summed E-state index contributed by atoms with van der Waals surface area (Å²) < 4.78 is 0. The van der Waals surface area contributed by atoms with Crippen molar-refractivity contribution >= 4 is 5.91 Å². The molecule has 2 N–H and O–H groups in total. The van der Waals surface area contributed by atoms with Gasteiger partial charge in [0.2, 0.25) is 5.91 Å². The van der Waals surface area contributed by atoms with E-state index >= 15 is 0 Å². The number of hydrogen-bond acceptors (Lipinski definition) is 2. The van der Waals surface area contributed by atoms with E-state index < -0.39 is 5.91 Å². The standard InChI is InChI=1S/C10H14N2O/c1-6(2)9-4-8(10(11)13)5-12-7(9)3/h4-6H,1-3H3,(H2,11,13). The molecule has 0 aliphatic carbocycles. The summed E-state index contributed by atoms with van der Waals surface area (Å²) in [6, 6.07) is 1.81. The molecule has 0 spiro atoms. The van der Waals surface area contributed by atoms with Gasteiger partial charge in [-0.25, -0.2) is 0 Å². The number of aromatic nitrogens is 1. The van der Waals surface area contributed by atoms with Crippen molar-refractivity contribution in [2.45, 2.75) is 26.7 Å². The maximum Gasteiger partial charge on any atom is 0.250 e. The Morgan fingerprint density at radius 2 is 2.15 bits per heavy atom. The Morgan fingerprint density at radius 1 is 1.54 bits per heavy atom. The van der Waals surface area contributed by atoms with Crippen LogP contribution >= 0.6 is 0 Å². The largest absolute Gasteiger partial charge is 0.366 e. The normalized spacial score (nSPS) is 10.5. The molecule has 1 amide bonds. The zero-order valence-corrected chi connectivity index (χ0v) is 8.16. The first kappa shape index (κ1) is 9.71. The number of nitrogens with zero attached hydrogens (tertiary/aromatic N) is 1. The second-order valence-electron chi connectivity index (χ2n) is 3.42. The second-order valence-corrected chi connectivity index (χ2v) is 3.42. The second kappa shape index (κ2) is 3.56. The highest BCUT2D eigenvalue weighted by Crippen LogP contribution is 2.17. The molecule has 1 heterocycles. The first-order valence-corrected chi connectivity index (χ1v) is 4.28. The number of primary amides is 1. The summed E-state index contributed by atoms with van der Waals surface area (Å²) in [4.78, 5) is 15.0. The molecule has 13 heavy (non-hydrogen) atoms. The predicted molar refractivity (Wildman–Crippen MR) is 51.6 cm³/mol. The van der Waals surface area contributed by atoms with Gasteiger partial charge in [-0.1, -0.05) is 13.8 Å². The molecular weight excluding hydrogens is 164 g/mol. The molecule has 0 aliphatic rings. The van der Waals surface area contributed by atoms with E-state index in [4.69, 9.17) is 5.73 Å². The van der Waals surface area contributed by atoms with Crippen molar-refractivity contribution in [2.75, 3.05) is 0 Å². The van der Waals surface area contributed by atoms with Gasteiger partial charge < -0.3 is 5.73 Å². The number of nitrogens with two attached hydrogens (primary N) is 1. The third kappa shape index (κ3) is 2.05. The van der Waals surface area contributed by atoms with Gasteiger partial charge in [0.1, 0.15) is 0 Å². The van der Waals surface area contributed by atoms with Crippen molar-refractivity contribution in [2.24, 2.45) is 5.73 Å². The van der Waals surface area contributed by atoms with Crippen LogP contribution in [0, 0.1) is 6.92 Å². The summed E-state index contributed by atoms with van der Waals surface area (Å²) in [5.41, 5.74) is 7.67. The minimum absolute atomic E-state index is 0.367. The molecule has 0 fully saturated rings. The van der Waals surface area contributed by atoms with Crippen molar-refractivity contribution < 1.29 is 4.79 Å². The van der Waals surface area contributed by atoms with Crippen LogP contribution in [-0.4, -0.2) is 10.9 Å². The number of rotatable bonds is 2. The van der Waals surface area contributed by atoms with Gasteiger partial charge in [0, 0.05) is 11.9 Å². The molecular formula is C10H14N2O. The lowest BCUT2D eigenvalue weighted by Gasteiger charge is -2.09. The van der Waals surface area contributed by atoms with Gasteiger partial charge in [-0.05, 0) is 24.5 Å². The van der Waals surface area contributed by atoms with E-state index in [9.17, 15) is 4.79 Å². The van der Waals surface area contributed by atoms with Crippen LogP contribution in [0.15, 0.2) is 12.3 Å². The van der Waals surface area contributed by atoms with Crippen LogP contribution in [0.25, 0.3) is 0 Å². The maximum atomic E-state index is 10.9. The molecule has 0 saturated heterocycles. The smallest absolute Gasteiger partial charge is 0.250 e. The molecule has 0 radical (unpaired) electrons. The number of carbonyl (C=O) groups excluding carboxylic acids is 1. The van der Waals surface area contributed by atoms with Crippen molar-refractivity contribution in [3.63, 3.8) is 0 Å². The van der Waals surface area contributed by atoms with Crippen LogP contribution in [0.5, 0.6) is 0 Å². The molecule has 0 aliphatic heterocycles. The summed E-state index contributed by atoms with van der Waals surface area (Å²) in [6.07, 6.45) is 1.52. The van der Waals surface area contributed by atoms with E-state index in [0.29, 0.717) is 11.5 Å².